The Bertz CT molecular complexity index is 264. The van der Waals surface area contributed by atoms with E-state index in [1.807, 2.05) is 23.1 Å². The molecule has 0 N–H and O–H groups in total. The lowest BCUT2D eigenvalue weighted by Gasteiger charge is -1.89. The second kappa shape index (κ2) is 3.37. The zero-order valence-electron chi connectivity index (χ0n) is 6.12. The first-order chi connectivity index (χ1) is 5.47. The minimum Gasteiger partial charge on any atom is -0.0622 e. The third-order valence-corrected chi connectivity index (χ3v) is 4.34. The van der Waals surface area contributed by atoms with Crippen LogP contribution in [0.1, 0.15) is 5.56 Å². The molecule has 11 heavy (non-hydrogen) atoms. The van der Waals surface area contributed by atoms with E-state index in [1.165, 1.54) is 21.3 Å². The molecular weight excluding hydrogens is 172 g/mol. The van der Waals surface area contributed by atoms with Gasteiger partial charge in [0.05, 0.1) is 5.75 Å². The van der Waals surface area contributed by atoms with Crippen molar-refractivity contribution in [1.29, 1.82) is 0 Å². The molecule has 0 bridgehead atoms. The van der Waals surface area contributed by atoms with Crippen LogP contribution in [0.5, 0.6) is 0 Å². The van der Waals surface area contributed by atoms with Gasteiger partial charge in [0, 0.05) is 5.56 Å². The van der Waals surface area contributed by atoms with Crippen molar-refractivity contribution in [2.24, 2.45) is 0 Å². The monoisotopic (exact) mass is 181 g/mol. The second-order valence-corrected chi connectivity index (χ2v) is 4.82. The molecule has 0 saturated carbocycles. The molecule has 2 rings (SSSR count). The first kappa shape index (κ1) is 7.32. The molecule has 0 aromatic heterocycles. The summed E-state index contributed by atoms with van der Waals surface area (Å²) in [6, 6.07) is 10.6. The Labute approximate surface area is 75.0 Å². The largest absolute Gasteiger partial charge is 0.265 e. The van der Waals surface area contributed by atoms with Crippen LogP contribution < -0.4 is 0 Å². The van der Waals surface area contributed by atoms with Gasteiger partial charge < -0.3 is 0 Å². The van der Waals surface area contributed by atoms with Gasteiger partial charge in [-0.2, -0.15) is 0 Å². The minimum atomic E-state index is 1.27. The lowest BCUT2D eigenvalue weighted by molar-refractivity contribution is 1.58. The summed E-state index contributed by atoms with van der Waals surface area (Å²) in [7, 11) is 0. The highest BCUT2D eigenvalue weighted by molar-refractivity contribution is 8.25. The Balaban J connectivity index is 2.29. The van der Waals surface area contributed by atoms with Crippen molar-refractivity contribution >= 4 is 27.3 Å². The average Bonchev–Trinajstić information content (AvgIpc) is 2.58. The lowest BCUT2D eigenvalue weighted by atomic mass is 10.2. The summed E-state index contributed by atoms with van der Waals surface area (Å²) < 4.78 is 1.49. The van der Waals surface area contributed by atoms with Crippen molar-refractivity contribution in [1.82, 2.24) is 0 Å². The Kier molecular flexibility index (Phi) is 2.24. The molecule has 0 aliphatic carbocycles. The summed E-state index contributed by atoms with van der Waals surface area (Å²) >= 11 is 3.95. The average molecular weight is 181 g/mol. The van der Waals surface area contributed by atoms with Gasteiger partial charge in [-0.25, -0.2) is 0 Å². The van der Waals surface area contributed by atoms with Gasteiger partial charge in [0.15, 0.2) is 17.1 Å². The molecule has 0 spiro atoms. The van der Waals surface area contributed by atoms with E-state index in [2.05, 4.69) is 30.3 Å². The van der Waals surface area contributed by atoms with Crippen LogP contribution in [-0.2, 0) is 11.4 Å². The highest BCUT2D eigenvalue weighted by Gasteiger charge is 2.20. The van der Waals surface area contributed by atoms with E-state index in [0.717, 1.165) is 0 Å². The summed E-state index contributed by atoms with van der Waals surface area (Å²) in [5, 5.41) is 0. The Morgan fingerprint density at radius 3 is 2.64 bits per heavy atom. The normalized spacial score (nSPS) is 16.5. The van der Waals surface area contributed by atoms with Crippen molar-refractivity contribution in [2.75, 3.05) is 11.5 Å². The standard InChI is InChI=1S/C9H9S2/c1-2-4-8(5-3-1)9-10-6-7-11-9/h1-5H,6-7H2/q+1. The van der Waals surface area contributed by atoms with Crippen LogP contribution in [0.3, 0.4) is 0 Å². The van der Waals surface area contributed by atoms with Gasteiger partial charge in [-0.1, -0.05) is 30.0 Å². The SMILES string of the molecule is c1ccc(C2=[S+]CCS2)cc1. The summed E-state index contributed by atoms with van der Waals surface area (Å²) in [6.45, 7) is 0. The van der Waals surface area contributed by atoms with E-state index in [9.17, 15) is 0 Å². The van der Waals surface area contributed by atoms with Gasteiger partial charge in [0.25, 0.3) is 4.20 Å². The number of benzene rings is 1. The molecule has 0 saturated heterocycles. The fraction of sp³-hybridized carbons (Fsp3) is 0.222. The molecule has 1 aromatic carbocycles. The molecule has 0 radical (unpaired) electrons. The molecule has 0 amide bonds. The lowest BCUT2D eigenvalue weighted by Crippen LogP contribution is -1.90. The van der Waals surface area contributed by atoms with Crippen LogP contribution in [0.25, 0.3) is 0 Å². The molecule has 1 heterocycles. The fourth-order valence-corrected chi connectivity index (χ4v) is 3.53. The van der Waals surface area contributed by atoms with Crippen molar-refractivity contribution in [3.63, 3.8) is 0 Å². The van der Waals surface area contributed by atoms with Crippen molar-refractivity contribution in [2.45, 2.75) is 0 Å². The molecule has 1 aromatic rings. The Morgan fingerprint density at radius 1 is 1.18 bits per heavy atom. The molecule has 0 nitrogen and oxygen atoms in total. The molecule has 1 aliphatic heterocycles. The summed E-state index contributed by atoms with van der Waals surface area (Å²) in [4.78, 5) is 0. The predicted molar refractivity (Wildman–Crippen MR) is 55.2 cm³/mol. The van der Waals surface area contributed by atoms with Gasteiger partial charge >= 0.3 is 0 Å². The van der Waals surface area contributed by atoms with Crippen molar-refractivity contribution in [3.05, 3.63) is 35.9 Å². The van der Waals surface area contributed by atoms with Crippen LogP contribution in [0.15, 0.2) is 30.3 Å². The van der Waals surface area contributed by atoms with Crippen molar-refractivity contribution < 1.29 is 0 Å². The molecule has 2 heteroatoms. The quantitative estimate of drug-likeness (QED) is 0.471. The first-order valence-corrected chi connectivity index (χ1v) is 5.62. The third kappa shape index (κ3) is 1.63. The summed E-state index contributed by atoms with van der Waals surface area (Å²) in [5.74, 6) is 2.55. The molecular formula is C9H9S2+. The molecule has 56 valence electrons. The third-order valence-electron chi connectivity index (χ3n) is 1.56. The van der Waals surface area contributed by atoms with Gasteiger partial charge in [-0.15, -0.1) is 0 Å². The topological polar surface area (TPSA) is 0 Å². The smallest absolute Gasteiger partial charge is 0.0622 e. The van der Waals surface area contributed by atoms with Crippen molar-refractivity contribution in [3.8, 4) is 0 Å². The highest BCUT2D eigenvalue weighted by Crippen LogP contribution is 2.16. The number of hydrogen-bond donors (Lipinski definition) is 0. The Hall–Kier alpha value is -0.340. The number of rotatable bonds is 1. The van der Waals surface area contributed by atoms with Gasteiger partial charge in [-0.3, -0.25) is 0 Å². The van der Waals surface area contributed by atoms with E-state index in [-0.39, 0.29) is 0 Å². The predicted octanol–water partition coefficient (Wildman–Crippen LogP) is 1.99. The van der Waals surface area contributed by atoms with E-state index in [4.69, 9.17) is 0 Å². The number of thioether (sulfide) groups is 1. The maximum atomic E-state index is 2.18. The van der Waals surface area contributed by atoms with Gasteiger partial charge in [0.2, 0.25) is 0 Å². The van der Waals surface area contributed by atoms with Gasteiger partial charge in [-0.05, 0) is 12.1 Å². The minimum absolute atomic E-state index is 1.27. The van der Waals surface area contributed by atoms with E-state index in [0.29, 0.717) is 0 Å². The zero-order valence-corrected chi connectivity index (χ0v) is 7.75. The maximum absolute atomic E-state index is 2.18. The highest BCUT2D eigenvalue weighted by atomic mass is 32.2. The second-order valence-electron chi connectivity index (χ2n) is 2.35. The van der Waals surface area contributed by atoms with Crippen LogP contribution in [0, 0.1) is 0 Å². The zero-order chi connectivity index (χ0) is 7.52. The molecule has 0 fully saturated rings. The molecule has 0 atom stereocenters. The van der Waals surface area contributed by atoms with Crippen LogP contribution in [0.4, 0.5) is 0 Å². The molecule has 1 aliphatic rings. The summed E-state index contributed by atoms with van der Waals surface area (Å²) in [5.41, 5.74) is 1.39. The fourth-order valence-electron chi connectivity index (χ4n) is 1.05. The van der Waals surface area contributed by atoms with E-state index < -0.39 is 0 Å². The Morgan fingerprint density at radius 2 is 2.00 bits per heavy atom. The van der Waals surface area contributed by atoms with E-state index in [1.54, 1.807) is 0 Å². The van der Waals surface area contributed by atoms with Crippen LogP contribution in [0.2, 0.25) is 0 Å². The van der Waals surface area contributed by atoms with Crippen LogP contribution >= 0.6 is 11.8 Å². The molecule has 0 unspecified atom stereocenters. The van der Waals surface area contributed by atoms with Gasteiger partial charge in [0.1, 0.15) is 0 Å². The first-order valence-electron chi connectivity index (χ1n) is 3.65. The van der Waals surface area contributed by atoms with Crippen LogP contribution in [-0.4, -0.2) is 15.7 Å². The van der Waals surface area contributed by atoms with E-state index >= 15 is 0 Å². The summed E-state index contributed by atoms with van der Waals surface area (Å²) in [6.07, 6.45) is 0. The number of hydrogen-bond acceptors (Lipinski definition) is 1. The maximum Gasteiger partial charge on any atom is 0.265 e.